The predicted octanol–water partition coefficient (Wildman–Crippen LogP) is 1.59. The number of rotatable bonds is 4. The highest BCUT2D eigenvalue weighted by atomic mass is 16.4. The van der Waals surface area contributed by atoms with Crippen LogP contribution in [-0.4, -0.2) is 36.1 Å². The molecule has 1 aromatic rings. The van der Waals surface area contributed by atoms with E-state index in [2.05, 4.69) is 10.3 Å². The normalized spacial score (nSPS) is 21.5. The van der Waals surface area contributed by atoms with Crippen molar-refractivity contribution in [2.75, 3.05) is 24.3 Å². The van der Waals surface area contributed by atoms with E-state index < -0.39 is 17.8 Å². The lowest BCUT2D eigenvalue weighted by Crippen LogP contribution is -2.30. The molecule has 2 rings (SSSR count). The number of nitrogens with zero attached hydrogens (tertiary/aromatic N) is 2. The Kier molecular flexibility index (Phi) is 4.22. The van der Waals surface area contributed by atoms with Crippen LogP contribution in [0.4, 0.5) is 11.4 Å². The summed E-state index contributed by atoms with van der Waals surface area (Å²) in [6, 6.07) is 1.80. The van der Waals surface area contributed by atoms with Crippen molar-refractivity contribution in [3.8, 4) is 0 Å². The van der Waals surface area contributed by atoms with E-state index in [0.29, 0.717) is 18.5 Å². The van der Waals surface area contributed by atoms with Crippen molar-refractivity contribution in [3.63, 3.8) is 0 Å². The largest absolute Gasteiger partial charge is 0.481 e. The quantitative estimate of drug-likeness (QED) is 0.873. The van der Waals surface area contributed by atoms with Gasteiger partial charge in [-0.3, -0.25) is 14.6 Å². The number of nitrogens with one attached hydrogen (secondary N) is 1. The number of carboxylic acid groups (broad SMARTS) is 1. The van der Waals surface area contributed by atoms with E-state index >= 15 is 0 Å². The van der Waals surface area contributed by atoms with Crippen LogP contribution in [0.5, 0.6) is 0 Å². The van der Waals surface area contributed by atoms with Gasteiger partial charge in [0.05, 0.1) is 29.4 Å². The van der Waals surface area contributed by atoms with Gasteiger partial charge in [0.1, 0.15) is 0 Å². The fourth-order valence-corrected chi connectivity index (χ4v) is 2.67. The van der Waals surface area contributed by atoms with Gasteiger partial charge in [0, 0.05) is 20.3 Å². The molecule has 1 aromatic heterocycles. The Morgan fingerprint density at radius 1 is 1.35 bits per heavy atom. The highest BCUT2D eigenvalue weighted by Crippen LogP contribution is 2.33. The molecule has 0 aliphatic heterocycles. The third kappa shape index (κ3) is 2.89. The van der Waals surface area contributed by atoms with Gasteiger partial charge in [-0.2, -0.15) is 0 Å². The lowest BCUT2D eigenvalue weighted by atomic mass is 9.95. The van der Waals surface area contributed by atoms with Gasteiger partial charge in [-0.1, -0.05) is 6.42 Å². The molecule has 1 heterocycles. The highest BCUT2D eigenvalue weighted by Gasteiger charge is 2.37. The average molecular weight is 277 g/mol. The van der Waals surface area contributed by atoms with E-state index in [1.165, 1.54) is 0 Å². The van der Waals surface area contributed by atoms with Crippen LogP contribution in [-0.2, 0) is 9.59 Å². The van der Waals surface area contributed by atoms with Crippen LogP contribution in [0.15, 0.2) is 18.5 Å². The number of carbonyl (C=O) groups excluding carboxylic acids is 1. The summed E-state index contributed by atoms with van der Waals surface area (Å²) in [5.74, 6) is -2.15. The van der Waals surface area contributed by atoms with Crippen LogP contribution in [0, 0.1) is 11.8 Å². The van der Waals surface area contributed by atoms with E-state index in [9.17, 15) is 9.59 Å². The van der Waals surface area contributed by atoms with Gasteiger partial charge in [0.2, 0.25) is 5.91 Å². The van der Waals surface area contributed by atoms with Crippen molar-refractivity contribution in [3.05, 3.63) is 18.5 Å². The van der Waals surface area contributed by atoms with Crippen LogP contribution in [0.2, 0.25) is 0 Å². The minimum atomic E-state index is -0.887. The Hall–Kier alpha value is -2.11. The minimum Gasteiger partial charge on any atom is -0.481 e. The Balaban J connectivity index is 2.14. The molecule has 1 aliphatic rings. The lowest BCUT2D eigenvalue weighted by molar-refractivity contribution is -0.145. The summed E-state index contributed by atoms with van der Waals surface area (Å²) >= 11 is 0. The number of aromatic nitrogens is 1. The molecule has 20 heavy (non-hydrogen) atoms. The zero-order chi connectivity index (χ0) is 14.7. The number of carbonyl (C=O) groups is 2. The van der Waals surface area contributed by atoms with E-state index in [4.69, 9.17) is 5.11 Å². The van der Waals surface area contributed by atoms with Crippen LogP contribution in [0.1, 0.15) is 19.3 Å². The summed E-state index contributed by atoms with van der Waals surface area (Å²) in [6.45, 7) is 0. The number of amides is 1. The topological polar surface area (TPSA) is 82.5 Å². The second kappa shape index (κ2) is 5.90. The summed E-state index contributed by atoms with van der Waals surface area (Å²) in [7, 11) is 3.75. The van der Waals surface area contributed by atoms with Crippen LogP contribution >= 0.6 is 0 Å². The highest BCUT2D eigenvalue weighted by molar-refractivity contribution is 5.97. The number of hydrogen-bond donors (Lipinski definition) is 2. The SMILES string of the molecule is CN(C)c1ccncc1NC(=O)C1CCCC1C(=O)O. The van der Waals surface area contributed by atoms with Crippen LogP contribution in [0.3, 0.4) is 0 Å². The maximum absolute atomic E-state index is 12.3. The Bertz CT molecular complexity index is 516. The maximum atomic E-state index is 12.3. The number of pyridine rings is 1. The van der Waals surface area contributed by atoms with Gasteiger partial charge in [-0.25, -0.2) is 0 Å². The molecule has 108 valence electrons. The molecule has 0 bridgehead atoms. The van der Waals surface area contributed by atoms with Crippen molar-refractivity contribution in [1.29, 1.82) is 0 Å². The summed E-state index contributed by atoms with van der Waals surface area (Å²) < 4.78 is 0. The molecule has 2 N–H and O–H groups in total. The molecule has 0 aromatic carbocycles. The molecule has 1 aliphatic carbocycles. The molecular formula is C14H19N3O3. The first-order valence-corrected chi connectivity index (χ1v) is 6.65. The van der Waals surface area contributed by atoms with E-state index in [1.54, 1.807) is 18.5 Å². The van der Waals surface area contributed by atoms with E-state index in [-0.39, 0.29) is 5.91 Å². The predicted molar refractivity (Wildman–Crippen MR) is 75.7 cm³/mol. The van der Waals surface area contributed by atoms with E-state index in [0.717, 1.165) is 12.1 Å². The first kappa shape index (κ1) is 14.3. The third-order valence-corrected chi connectivity index (χ3v) is 3.71. The smallest absolute Gasteiger partial charge is 0.307 e. The first-order chi connectivity index (χ1) is 9.50. The molecule has 1 fully saturated rings. The summed E-state index contributed by atoms with van der Waals surface area (Å²) in [4.78, 5) is 29.3. The average Bonchev–Trinajstić information content (AvgIpc) is 2.88. The molecule has 0 radical (unpaired) electrons. The van der Waals surface area contributed by atoms with Crippen molar-refractivity contribution in [2.45, 2.75) is 19.3 Å². The van der Waals surface area contributed by atoms with Crippen molar-refractivity contribution in [2.24, 2.45) is 11.8 Å². The van der Waals surface area contributed by atoms with Gasteiger partial charge >= 0.3 is 5.97 Å². The molecule has 1 amide bonds. The van der Waals surface area contributed by atoms with Gasteiger partial charge in [0.25, 0.3) is 0 Å². The molecule has 0 spiro atoms. The molecule has 6 nitrogen and oxygen atoms in total. The van der Waals surface area contributed by atoms with Crippen LogP contribution < -0.4 is 10.2 Å². The summed E-state index contributed by atoms with van der Waals surface area (Å²) in [5.41, 5.74) is 1.46. The number of anilines is 2. The van der Waals surface area contributed by atoms with Gasteiger partial charge < -0.3 is 15.3 Å². The van der Waals surface area contributed by atoms with Crippen LogP contribution in [0.25, 0.3) is 0 Å². The van der Waals surface area contributed by atoms with Crippen molar-refractivity contribution in [1.82, 2.24) is 4.98 Å². The molecule has 1 saturated carbocycles. The number of carboxylic acids is 1. The number of aliphatic carboxylic acids is 1. The summed E-state index contributed by atoms with van der Waals surface area (Å²) in [5, 5.41) is 12.0. The molecule has 6 heteroatoms. The molecular weight excluding hydrogens is 258 g/mol. The van der Waals surface area contributed by atoms with Crippen molar-refractivity contribution < 1.29 is 14.7 Å². The Labute approximate surface area is 117 Å². The number of hydrogen-bond acceptors (Lipinski definition) is 4. The van der Waals surface area contributed by atoms with Gasteiger partial charge in [-0.05, 0) is 18.9 Å². The maximum Gasteiger partial charge on any atom is 0.307 e. The second-order valence-corrected chi connectivity index (χ2v) is 5.26. The third-order valence-electron chi connectivity index (χ3n) is 3.71. The lowest BCUT2D eigenvalue weighted by Gasteiger charge is -2.20. The Morgan fingerprint density at radius 2 is 2.05 bits per heavy atom. The minimum absolute atomic E-state index is 0.231. The standard InChI is InChI=1S/C14H19N3O3/c1-17(2)12-6-7-15-8-11(12)16-13(18)9-4-3-5-10(9)14(19)20/h6-10H,3-5H2,1-2H3,(H,16,18)(H,19,20). The molecule has 2 unspecified atom stereocenters. The zero-order valence-electron chi connectivity index (χ0n) is 11.7. The second-order valence-electron chi connectivity index (χ2n) is 5.26. The summed E-state index contributed by atoms with van der Waals surface area (Å²) in [6.07, 6.45) is 5.21. The zero-order valence-corrected chi connectivity index (χ0v) is 11.7. The first-order valence-electron chi connectivity index (χ1n) is 6.65. The molecule has 0 saturated heterocycles. The van der Waals surface area contributed by atoms with E-state index in [1.807, 2.05) is 19.0 Å². The molecule has 2 atom stereocenters. The monoisotopic (exact) mass is 277 g/mol. The van der Waals surface area contributed by atoms with Gasteiger partial charge in [0.15, 0.2) is 0 Å². The van der Waals surface area contributed by atoms with Gasteiger partial charge in [-0.15, -0.1) is 0 Å². The fraction of sp³-hybridized carbons (Fsp3) is 0.500. The fourth-order valence-electron chi connectivity index (χ4n) is 2.67. The Morgan fingerprint density at radius 3 is 2.70 bits per heavy atom. The van der Waals surface area contributed by atoms with Crippen molar-refractivity contribution >= 4 is 23.3 Å².